The first-order chi connectivity index (χ1) is 15.8. The van der Waals surface area contributed by atoms with Crippen molar-refractivity contribution in [2.45, 2.75) is 32.2 Å². The van der Waals surface area contributed by atoms with E-state index in [1.165, 1.54) is 18.7 Å². The van der Waals surface area contributed by atoms with Crippen LogP contribution in [0.1, 0.15) is 37.8 Å². The minimum Gasteiger partial charge on any atom is -0.480 e. The van der Waals surface area contributed by atoms with Crippen LogP contribution < -0.4 is 5.32 Å². The van der Waals surface area contributed by atoms with E-state index >= 15 is 0 Å². The molecule has 0 aromatic heterocycles. The van der Waals surface area contributed by atoms with Crippen LogP contribution in [0.4, 0.5) is 4.79 Å². The van der Waals surface area contributed by atoms with Gasteiger partial charge in [-0.1, -0.05) is 48.5 Å². The van der Waals surface area contributed by atoms with Crippen molar-refractivity contribution >= 4 is 18.0 Å². The van der Waals surface area contributed by atoms with E-state index in [2.05, 4.69) is 29.6 Å². The van der Waals surface area contributed by atoms with Crippen molar-refractivity contribution in [2.24, 2.45) is 0 Å². The number of ether oxygens (including phenoxy) is 2. The van der Waals surface area contributed by atoms with Gasteiger partial charge in [-0.25, -0.2) is 9.59 Å². The molecule has 8 nitrogen and oxygen atoms in total. The number of nitrogens with zero attached hydrogens (tertiary/aromatic N) is 1. The van der Waals surface area contributed by atoms with Crippen molar-refractivity contribution in [1.29, 1.82) is 0 Å². The minimum atomic E-state index is -1.32. The highest BCUT2D eigenvalue weighted by atomic mass is 16.5. The third-order valence-corrected chi connectivity index (χ3v) is 5.90. The maximum absolute atomic E-state index is 12.3. The molecular weight excluding hydrogens is 424 g/mol. The number of amides is 2. The molecule has 3 rings (SSSR count). The largest absolute Gasteiger partial charge is 0.480 e. The van der Waals surface area contributed by atoms with Gasteiger partial charge in [0.15, 0.2) is 0 Å². The number of hydrogen-bond acceptors (Lipinski definition) is 5. The van der Waals surface area contributed by atoms with Crippen molar-refractivity contribution in [1.82, 2.24) is 10.2 Å². The van der Waals surface area contributed by atoms with Crippen LogP contribution in [0.2, 0.25) is 0 Å². The summed E-state index contributed by atoms with van der Waals surface area (Å²) < 4.78 is 10.8. The lowest BCUT2D eigenvalue weighted by atomic mass is 9.98. The highest BCUT2D eigenvalue weighted by molar-refractivity contribution is 5.87. The standard InChI is InChI=1S/C25H30N2O6/c1-4-27(25(2,3)23(29)30)22(28)16-32-14-13-26-24(31)33-15-21-19-11-7-5-9-17(19)18-10-6-8-12-20(18)21/h5-12,21H,4,13-16H2,1-3H3,(H,26,31)(H,29,30). The Morgan fingerprint density at radius 3 is 2.15 bits per heavy atom. The number of carbonyl (C=O) groups is 3. The fourth-order valence-electron chi connectivity index (χ4n) is 4.11. The van der Waals surface area contributed by atoms with Crippen LogP contribution >= 0.6 is 0 Å². The zero-order chi connectivity index (χ0) is 24.0. The minimum absolute atomic E-state index is 0.0189. The van der Waals surface area contributed by atoms with Gasteiger partial charge in [-0.15, -0.1) is 0 Å². The lowest BCUT2D eigenvalue weighted by Crippen LogP contribution is -2.54. The highest BCUT2D eigenvalue weighted by Gasteiger charge is 2.36. The van der Waals surface area contributed by atoms with E-state index in [1.807, 2.05) is 24.3 Å². The van der Waals surface area contributed by atoms with E-state index < -0.39 is 23.5 Å². The molecule has 0 aliphatic heterocycles. The second-order valence-corrected chi connectivity index (χ2v) is 8.31. The van der Waals surface area contributed by atoms with Crippen molar-refractivity contribution in [2.75, 3.05) is 32.9 Å². The van der Waals surface area contributed by atoms with Crippen LogP contribution in [-0.4, -0.2) is 66.4 Å². The normalized spacial score (nSPS) is 12.6. The van der Waals surface area contributed by atoms with Gasteiger partial charge in [0, 0.05) is 19.0 Å². The molecule has 0 fully saturated rings. The smallest absolute Gasteiger partial charge is 0.407 e. The van der Waals surface area contributed by atoms with Crippen LogP contribution in [0.3, 0.4) is 0 Å². The number of carbonyl (C=O) groups excluding carboxylic acids is 2. The van der Waals surface area contributed by atoms with Gasteiger partial charge >= 0.3 is 12.1 Å². The molecule has 2 N–H and O–H groups in total. The van der Waals surface area contributed by atoms with Gasteiger partial charge in [-0.05, 0) is 43.0 Å². The predicted octanol–water partition coefficient (Wildman–Crippen LogP) is 3.25. The highest BCUT2D eigenvalue weighted by Crippen LogP contribution is 2.44. The van der Waals surface area contributed by atoms with E-state index in [0.717, 1.165) is 22.3 Å². The van der Waals surface area contributed by atoms with Gasteiger partial charge in [0.25, 0.3) is 0 Å². The molecular formula is C25H30N2O6. The van der Waals surface area contributed by atoms with Gasteiger partial charge in [0.05, 0.1) is 6.61 Å². The van der Waals surface area contributed by atoms with Crippen molar-refractivity contribution in [3.63, 3.8) is 0 Å². The summed E-state index contributed by atoms with van der Waals surface area (Å²) in [5.74, 6) is -1.53. The quantitative estimate of drug-likeness (QED) is 0.534. The average Bonchev–Trinajstić information content (AvgIpc) is 3.11. The Morgan fingerprint density at radius 1 is 1.03 bits per heavy atom. The predicted molar refractivity (Wildman–Crippen MR) is 123 cm³/mol. The fourth-order valence-corrected chi connectivity index (χ4v) is 4.11. The molecule has 176 valence electrons. The first-order valence-corrected chi connectivity index (χ1v) is 11.0. The summed E-state index contributed by atoms with van der Waals surface area (Å²) >= 11 is 0. The summed E-state index contributed by atoms with van der Waals surface area (Å²) in [5, 5.41) is 11.9. The summed E-state index contributed by atoms with van der Waals surface area (Å²) in [5.41, 5.74) is 3.27. The molecule has 0 radical (unpaired) electrons. The van der Waals surface area contributed by atoms with Gasteiger partial charge in [-0.3, -0.25) is 4.79 Å². The molecule has 0 unspecified atom stereocenters. The second kappa shape index (κ2) is 10.5. The molecule has 0 bridgehead atoms. The van der Waals surface area contributed by atoms with Gasteiger partial charge in [0.2, 0.25) is 5.91 Å². The first kappa shape index (κ1) is 24.3. The monoisotopic (exact) mass is 454 g/mol. The van der Waals surface area contributed by atoms with E-state index in [4.69, 9.17) is 9.47 Å². The molecule has 0 atom stereocenters. The Morgan fingerprint density at radius 2 is 1.61 bits per heavy atom. The lowest BCUT2D eigenvalue weighted by Gasteiger charge is -2.34. The van der Waals surface area contributed by atoms with Crippen LogP contribution in [0, 0.1) is 0 Å². The molecule has 2 aromatic carbocycles. The Kier molecular flexibility index (Phi) is 7.71. The summed E-state index contributed by atoms with van der Waals surface area (Å²) in [4.78, 5) is 37.1. The van der Waals surface area contributed by atoms with Crippen LogP contribution in [-0.2, 0) is 19.1 Å². The van der Waals surface area contributed by atoms with E-state index in [0.29, 0.717) is 0 Å². The first-order valence-electron chi connectivity index (χ1n) is 11.0. The SMILES string of the molecule is CCN(C(=O)COCCNC(=O)OCC1c2ccccc2-c2ccccc21)C(C)(C)C(=O)O. The number of carboxylic acids is 1. The summed E-state index contributed by atoms with van der Waals surface area (Å²) in [6.07, 6.45) is -0.561. The number of nitrogens with one attached hydrogen (secondary N) is 1. The molecule has 0 spiro atoms. The maximum Gasteiger partial charge on any atom is 0.407 e. The van der Waals surface area contributed by atoms with Crippen LogP contribution in [0.5, 0.6) is 0 Å². The number of likely N-dealkylation sites (N-methyl/N-ethyl adjacent to an activating group) is 1. The number of carboxylic acid groups (broad SMARTS) is 1. The summed E-state index contributed by atoms with van der Waals surface area (Å²) in [6, 6.07) is 16.2. The van der Waals surface area contributed by atoms with E-state index in [9.17, 15) is 19.5 Å². The Bertz CT molecular complexity index is 974. The molecule has 0 heterocycles. The Labute approximate surface area is 193 Å². The third-order valence-electron chi connectivity index (χ3n) is 5.90. The van der Waals surface area contributed by atoms with Gasteiger partial charge in [0.1, 0.15) is 18.8 Å². The lowest BCUT2D eigenvalue weighted by molar-refractivity contribution is -0.158. The number of hydrogen-bond donors (Lipinski definition) is 2. The maximum atomic E-state index is 12.3. The topological polar surface area (TPSA) is 105 Å². The van der Waals surface area contributed by atoms with E-state index in [1.54, 1.807) is 6.92 Å². The second-order valence-electron chi connectivity index (χ2n) is 8.31. The summed E-state index contributed by atoms with van der Waals surface area (Å²) in [7, 11) is 0. The van der Waals surface area contributed by atoms with Gasteiger partial charge in [-0.2, -0.15) is 0 Å². The fraction of sp³-hybridized carbons (Fsp3) is 0.400. The van der Waals surface area contributed by atoms with Crippen molar-refractivity contribution in [3.8, 4) is 11.1 Å². The van der Waals surface area contributed by atoms with Gasteiger partial charge < -0.3 is 24.8 Å². The number of aliphatic carboxylic acids is 1. The average molecular weight is 455 g/mol. The molecule has 1 aliphatic carbocycles. The number of fused-ring (bicyclic) bond motifs is 3. The molecule has 2 aromatic rings. The van der Waals surface area contributed by atoms with E-state index in [-0.39, 0.29) is 38.8 Å². The number of rotatable bonds is 10. The van der Waals surface area contributed by atoms with Crippen LogP contribution in [0.25, 0.3) is 11.1 Å². The molecule has 33 heavy (non-hydrogen) atoms. The Hall–Kier alpha value is -3.39. The molecule has 1 aliphatic rings. The van der Waals surface area contributed by atoms with Crippen molar-refractivity contribution < 1.29 is 29.0 Å². The number of benzene rings is 2. The molecule has 0 saturated carbocycles. The number of alkyl carbamates (subject to hydrolysis) is 1. The zero-order valence-corrected chi connectivity index (χ0v) is 19.2. The summed E-state index contributed by atoms with van der Waals surface area (Å²) in [6.45, 7) is 5.11. The van der Waals surface area contributed by atoms with Crippen molar-refractivity contribution in [3.05, 3.63) is 59.7 Å². The molecule has 2 amide bonds. The zero-order valence-electron chi connectivity index (χ0n) is 19.2. The van der Waals surface area contributed by atoms with Crippen LogP contribution in [0.15, 0.2) is 48.5 Å². The Balaban J connectivity index is 1.42. The molecule has 8 heteroatoms. The third kappa shape index (κ3) is 5.34. The molecule has 0 saturated heterocycles.